The highest BCUT2D eigenvalue weighted by atomic mass is 79.9. The van der Waals surface area contributed by atoms with Crippen LogP contribution in [0.25, 0.3) is 0 Å². The monoisotopic (exact) mass is 519 g/mol. The zero-order valence-electron chi connectivity index (χ0n) is 14.7. The van der Waals surface area contributed by atoms with Gasteiger partial charge in [0, 0.05) is 8.95 Å². The van der Waals surface area contributed by atoms with E-state index < -0.39 is 0 Å². The third kappa shape index (κ3) is 5.00. The molecule has 0 aliphatic carbocycles. The minimum Gasteiger partial charge on any atom is -0.393 e. The van der Waals surface area contributed by atoms with Crippen LogP contribution >= 0.6 is 31.9 Å². The molecule has 11 heteroatoms. The lowest BCUT2D eigenvalue weighted by Crippen LogP contribution is -2.32. The van der Waals surface area contributed by atoms with Gasteiger partial charge in [0.1, 0.15) is 12.0 Å². The van der Waals surface area contributed by atoms with Gasteiger partial charge in [0.05, 0.1) is 11.1 Å². The van der Waals surface area contributed by atoms with E-state index in [1.807, 2.05) is 0 Å². The topological polar surface area (TPSA) is 134 Å². The molecule has 0 saturated carbocycles. The van der Waals surface area contributed by atoms with Gasteiger partial charge in [-0.2, -0.15) is 0 Å². The van der Waals surface area contributed by atoms with Gasteiger partial charge in [0.15, 0.2) is 11.6 Å². The Labute approximate surface area is 182 Å². The average molecular weight is 521 g/mol. The molecule has 1 aromatic heterocycles. The van der Waals surface area contributed by atoms with E-state index in [9.17, 15) is 9.59 Å². The number of hydrogen-bond acceptors (Lipinski definition) is 7. The van der Waals surface area contributed by atoms with Crippen LogP contribution in [0, 0.1) is 0 Å². The number of nitrogens with two attached hydrogens (primary N) is 1. The highest BCUT2D eigenvalue weighted by molar-refractivity contribution is 9.10. The van der Waals surface area contributed by atoms with Gasteiger partial charge in [-0.25, -0.2) is 9.97 Å². The van der Waals surface area contributed by atoms with Crippen LogP contribution < -0.4 is 27.4 Å². The highest BCUT2D eigenvalue weighted by Gasteiger charge is 2.13. The molecular formula is C18H15Br2N7O2. The van der Waals surface area contributed by atoms with Crippen molar-refractivity contribution in [2.24, 2.45) is 0 Å². The van der Waals surface area contributed by atoms with Crippen molar-refractivity contribution in [1.82, 2.24) is 20.8 Å². The molecule has 9 nitrogen and oxygen atoms in total. The van der Waals surface area contributed by atoms with Crippen molar-refractivity contribution in [3.63, 3.8) is 0 Å². The first kappa shape index (κ1) is 20.6. The number of nitrogens with one attached hydrogen (secondary N) is 4. The van der Waals surface area contributed by atoms with Crippen molar-refractivity contribution in [2.45, 2.75) is 0 Å². The van der Waals surface area contributed by atoms with Gasteiger partial charge in [-0.3, -0.25) is 31.3 Å². The number of amides is 2. The largest absolute Gasteiger partial charge is 0.393 e. The van der Waals surface area contributed by atoms with Crippen LogP contribution in [0.2, 0.25) is 0 Å². The molecule has 0 aliphatic heterocycles. The minimum absolute atomic E-state index is 0.104. The molecule has 3 aromatic rings. The number of nitrogens with zero attached hydrogens (tertiary/aromatic N) is 2. The van der Waals surface area contributed by atoms with Crippen LogP contribution in [-0.4, -0.2) is 21.8 Å². The number of aromatic nitrogens is 2. The van der Waals surface area contributed by atoms with Crippen LogP contribution in [0.4, 0.5) is 17.3 Å². The summed E-state index contributed by atoms with van der Waals surface area (Å²) in [7, 11) is 0. The van der Waals surface area contributed by atoms with Crippen molar-refractivity contribution in [3.8, 4) is 0 Å². The Morgan fingerprint density at radius 2 is 1.17 bits per heavy atom. The van der Waals surface area contributed by atoms with Gasteiger partial charge in [-0.15, -0.1) is 0 Å². The SMILES string of the molecule is Nc1c(NNC(=O)c2ccccc2Br)ncnc1NNC(=O)c1ccccc1Br. The van der Waals surface area contributed by atoms with E-state index in [-0.39, 0.29) is 29.1 Å². The minimum atomic E-state index is -0.382. The second-order valence-electron chi connectivity index (χ2n) is 5.60. The van der Waals surface area contributed by atoms with Gasteiger partial charge in [0.25, 0.3) is 11.8 Å². The number of anilines is 3. The standard InChI is InChI=1S/C18H15Br2N7O2/c19-12-7-3-1-5-10(12)17(28)26-24-15-14(21)16(23-9-22-15)25-27-18(29)11-6-2-4-8-13(11)20/h1-9H,21H2,(H,26,28)(H,27,29)(H2,22,23,24,25). The zero-order valence-corrected chi connectivity index (χ0v) is 17.9. The van der Waals surface area contributed by atoms with Crippen molar-refractivity contribution in [2.75, 3.05) is 16.6 Å². The number of carbonyl (C=O) groups excluding carboxylic acids is 2. The fourth-order valence-corrected chi connectivity index (χ4v) is 3.18. The summed E-state index contributed by atoms with van der Waals surface area (Å²) in [6, 6.07) is 13.9. The Morgan fingerprint density at radius 3 is 1.59 bits per heavy atom. The molecule has 0 atom stereocenters. The smallest absolute Gasteiger partial charge is 0.270 e. The molecule has 2 amide bonds. The van der Waals surface area contributed by atoms with Crippen molar-refractivity contribution in [1.29, 1.82) is 0 Å². The molecule has 3 rings (SSSR count). The van der Waals surface area contributed by atoms with Crippen molar-refractivity contribution in [3.05, 3.63) is 74.9 Å². The summed E-state index contributed by atoms with van der Waals surface area (Å²) in [6.07, 6.45) is 1.23. The normalized spacial score (nSPS) is 10.1. The number of rotatable bonds is 6. The Hall–Kier alpha value is -3.18. The molecule has 0 unspecified atom stereocenters. The third-order valence-electron chi connectivity index (χ3n) is 3.71. The van der Waals surface area contributed by atoms with Gasteiger partial charge >= 0.3 is 0 Å². The van der Waals surface area contributed by atoms with E-state index in [0.29, 0.717) is 20.1 Å². The lowest BCUT2D eigenvalue weighted by molar-refractivity contribution is 0.0954. The Bertz CT molecular complexity index is 982. The van der Waals surface area contributed by atoms with Gasteiger partial charge < -0.3 is 5.73 Å². The maximum absolute atomic E-state index is 12.3. The molecule has 0 bridgehead atoms. The maximum atomic E-state index is 12.3. The molecule has 0 fully saturated rings. The summed E-state index contributed by atoms with van der Waals surface area (Å²) in [5, 5.41) is 0. The first-order chi connectivity index (χ1) is 14.0. The second-order valence-corrected chi connectivity index (χ2v) is 7.31. The highest BCUT2D eigenvalue weighted by Crippen LogP contribution is 2.22. The summed E-state index contributed by atoms with van der Waals surface area (Å²) in [5.74, 6) is -0.435. The Balaban J connectivity index is 1.65. The van der Waals surface area contributed by atoms with Crippen molar-refractivity contribution < 1.29 is 9.59 Å². The predicted octanol–water partition coefficient (Wildman–Crippen LogP) is 3.10. The molecule has 2 aromatic carbocycles. The van der Waals surface area contributed by atoms with E-state index in [0.717, 1.165) is 0 Å². The molecule has 0 radical (unpaired) electrons. The summed E-state index contributed by atoms with van der Waals surface area (Å²) < 4.78 is 1.29. The van der Waals surface area contributed by atoms with Crippen LogP contribution in [0.5, 0.6) is 0 Å². The average Bonchev–Trinajstić information content (AvgIpc) is 2.72. The Kier molecular flexibility index (Phi) is 6.62. The molecule has 6 N–H and O–H groups in total. The predicted molar refractivity (Wildman–Crippen MR) is 117 cm³/mol. The van der Waals surface area contributed by atoms with Gasteiger partial charge in [-0.05, 0) is 56.1 Å². The number of benzene rings is 2. The van der Waals surface area contributed by atoms with Crippen LogP contribution in [0.1, 0.15) is 20.7 Å². The molecule has 148 valence electrons. The molecular weight excluding hydrogens is 506 g/mol. The number of nitrogen functional groups attached to an aromatic ring is 1. The number of hydrogen-bond donors (Lipinski definition) is 5. The maximum Gasteiger partial charge on any atom is 0.270 e. The van der Waals surface area contributed by atoms with Crippen molar-refractivity contribution >= 4 is 61.0 Å². The van der Waals surface area contributed by atoms with Gasteiger partial charge in [-0.1, -0.05) is 24.3 Å². The second kappa shape index (κ2) is 9.34. The summed E-state index contributed by atoms with van der Waals surface area (Å²) >= 11 is 6.63. The number of hydrazine groups is 2. The van der Waals surface area contributed by atoms with E-state index in [2.05, 4.69) is 63.5 Å². The molecule has 1 heterocycles. The molecule has 29 heavy (non-hydrogen) atoms. The quantitative estimate of drug-likeness (QED) is 0.315. The fraction of sp³-hybridized carbons (Fsp3) is 0. The lowest BCUT2D eigenvalue weighted by Gasteiger charge is -2.14. The van der Waals surface area contributed by atoms with E-state index in [4.69, 9.17) is 5.73 Å². The molecule has 0 saturated heterocycles. The van der Waals surface area contributed by atoms with E-state index in [1.165, 1.54) is 6.33 Å². The lowest BCUT2D eigenvalue weighted by atomic mass is 10.2. The van der Waals surface area contributed by atoms with Gasteiger partial charge in [0.2, 0.25) is 0 Å². The molecule has 0 aliphatic rings. The first-order valence-corrected chi connectivity index (χ1v) is 9.78. The van der Waals surface area contributed by atoms with Crippen LogP contribution in [-0.2, 0) is 0 Å². The fourth-order valence-electron chi connectivity index (χ4n) is 2.25. The van der Waals surface area contributed by atoms with E-state index in [1.54, 1.807) is 48.5 Å². The van der Waals surface area contributed by atoms with E-state index >= 15 is 0 Å². The number of carbonyl (C=O) groups is 2. The summed E-state index contributed by atoms with van der Waals surface area (Å²) in [4.78, 5) is 32.5. The first-order valence-electron chi connectivity index (χ1n) is 8.19. The van der Waals surface area contributed by atoms with Crippen LogP contribution in [0.15, 0.2) is 63.8 Å². The zero-order chi connectivity index (χ0) is 20.8. The summed E-state index contributed by atoms with van der Waals surface area (Å²) in [5.41, 5.74) is 17.3. The Morgan fingerprint density at radius 1 is 0.759 bits per heavy atom. The third-order valence-corrected chi connectivity index (χ3v) is 5.09. The number of halogens is 2. The van der Waals surface area contributed by atoms with Crippen LogP contribution in [0.3, 0.4) is 0 Å². The molecule has 0 spiro atoms. The summed E-state index contributed by atoms with van der Waals surface area (Å²) in [6.45, 7) is 0.